The van der Waals surface area contributed by atoms with Gasteiger partial charge in [-0.1, -0.05) is 64.1 Å². The van der Waals surface area contributed by atoms with E-state index >= 15 is 0 Å². The maximum absolute atomic E-state index is 12.8. The molecule has 0 saturated heterocycles. The van der Waals surface area contributed by atoms with Gasteiger partial charge in [0, 0.05) is 22.9 Å². The molecule has 33 heavy (non-hydrogen) atoms. The Balaban J connectivity index is 0.00000259. The highest BCUT2D eigenvalue weighted by molar-refractivity contribution is 7.59. The van der Waals surface area contributed by atoms with Gasteiger partial charge in [-0.25, -0.2) is 0 Å². The van der Waals surface area contributed by atoms with E-state index in [4.69, 9.17) is 4.42 Å². The molecule has 1 aromatic heterocycles. The van der Waals surface area contributed by atoms with Gasteiger partial charge in [0.25, 0.3) is 5.91 Å². The number of nitrogens with one attached hydrogen (secondary N) is 1. The monoisotopic (exact) mass is 459 g/mol. The summed E-state index contributed by atoms with van der Waals surface area (Å²) in [6, 6.07) is 20.6. The molecule has 0 unspecified atom stereocenters. The van der Waals surface area contributed by atoms with Crippen LogP contribution in [0, 0.1) is 0 Å². The molecule has 0 spiro atoms. The first-order chi connectivity index (χ1) is 15.2. The number of rotatable bonds is 4. The van der Waals surface area contributed by atoms with Crippen molar-refractivity contribution in [2.45, 2.75) is 57.8 Å². The van der Waals surface area contributed by atoms with Gasteiger partial charge in [0.05, 0.1) is 0 Å². The highest BCUT2D eigenvalue weighted by atomic mass is 32.1. The van der Waals surface area contributed by atoms with Crippen molar-refractivity contribution in [3.05, 3.63) is 82.9 Å². The van der Waals surface area contributed by atoms with Crippen molar-refractivity contribution in [1.29, 1.82) is 0 Å². The minimum absolute atomic E-state index is 0. The van der Waals surface area contributed by atoms with E-state index in [2.05, 4.69) is 51.2 Å². The predicted molar refractivity (Wildman–Crippen MR) is 142 cm³/mol. The van der Waals surface area contributed by atoms with Crippen LogP contribution in [-0.4, -0.2) is 12.5 Å². The lowest BCUT2D eigenvalue weighted by Crippen LogP contribution is -2.34. The maximum Gasteiger partial charge on any atom is 0.251 e. The first-order valence-corrected chi connectivity index (χ1v) is 11.6. The van der Waals surface area contributed by atoms with Gasteiger partial charge in [0.15, 0.2) is 0 Å². The first-order valence-electron chi connectivity index (χ1n) is 11.6. The third-order valence-electron chi connectivity index (χ3n) is 7.26. The average molecular weight is 460 g/mol. The van der Waals surface area contributed by atoms with Crippen LogP contribution in [0.1, 0.15) is 67.6 Å². The third kappa shape index (κ3) is 4.29. The first kappa shape index (κ1) is 23.4. The van der Waals surface area contributed by atoms with Gasteiger partial charge in [0.1, 0.15) is 11.2 Å². The summed E-state index contributed by atoms with van der Waals surface area (Å²) >= 11 is 0. The SMILES string of the molecule is CC1(C)CCC(C)(C)c2cc(CCNC(=O)c3ccc4c(c3)oc3ccccc34)ccc21.S. The zero-order valence-electron chi connectivity index (χ0n) is 19.9. The fourth-order valence-electron chi connectivity index (χ4n) is 5.08. The molecular formula is C29H33NO2S. The molecule has 172 valence electrons. The molecule has 4 aromatic rings. The van der Waals surface area contributed by atoms with Crippen LogP contribution in [0.5, 0.6) is 0 Å². The van der Waals surface area contributed by atoms with Crippen LogP contribution in [0.3, 0.4) is 0 Å². The largest absolute Gasteiger partial charge is 0.456 e. The van der Waals surface area contributed by atoms with E-state index in [0.717, 1.165) is 28.4 Å². The molecule has 0 saturated carbocycles. The van der Waals surface area contributed by atoms with Crippen LogP contribution in [0.4, 0.5) is 0 Å². The number of hydrogen-bond acceptors (Lipinski definition) is 2. The van der Waals surface area contributed by atoms with Crippen LogP contribution in [0.2, 0.25) is 0 Å². The standard InChI is InChI=1S/C29H31NO2.H2S/c1-28(2)14-15-29(3,4)24-17-19(9-12-23(24)28)13-16-30-27(31)20-10-11-22-21-7-5-6-8-25(21)32-26(22)18-20;/h5-12,17-18H,13-16H2,1-4H3,(H,30,31);1H2. The Labute approximate surface area is 203 Å². The van der Waals surface area contributed by atoms with Crippen molar-refractivity contribution in [2.24, 2.45) is 0 Å². The molecule has 5 rings (SSSR count). The number of fused-ring (bicyclic) bond motifs is 4. The maximum atomic E-state index is 12.8. The molecule has 1 heterocycles. The molecule has 0 bridgehead atoms. The molecule has 1 aliphatic rings. The van der Waals surface area contributed by atoms with Crippen molar-refractivity contribution in [2.75, 3.05) is 6.54 Å². The second-order valence-corrected chi connectivity index (χ2v) is 10.5. The van der Waals surface area contributed by atoms with E-state index < -0.39 is 0 Å². The summed E-state index contributed by atoms with van der Waals surface area (Å²) in [7, 11) is 0. The van der Waals surface area contributed by atoms with E-state index in [1.807, 2.05) is 42.5 Å². The summed E-state index contributed by atoms with van der Waals surface area (Å²) in [6.45, 7) is 10.0. The van der Waals surface area contributed by atoms with Gasteiger partial charge in [-0.15, -0.1) is 0 Å². The summed E-state index contributed by atoms with van der Waals surface area (Å²) in [5, 5.41) is 5.20. The molecule has 1 aliphatic carbocycles. The fourth-order valence-corrected chi connectivity index (χ4v) is 5.08. The topological polar surface area (TPSA) is 42.2 Å². The molecular weight excluding hydrogens is 426 g/mol. The van der Waals surface area contributed by atoms with Crippen molar-refractivity contribution >= 4 is 41.3 Å². The van der Waals surface area contributed by atoms with Crippen molar-refractivity contribution < 1.29 is 9.21 Å². The molecule has 1 N–H and O–H groups in total. The lowest BCUT2D eigenvalue weighted by atomic mass is 9.63. The fraction of sp³-hybridized carbons (Fsp3) is 0.345. The van der Waals surface area contributed by atoms with Crippen molar-refractivity contribution in [3.63, 3.8) is 0 Å². The summed E-state index contributed by atoms with van der Waals surface area (Å²) in [4.78, 5) is 12.8. The number of hydrogen-bond donors (Lipinski definition) is 1. The second kappa shape index (κ2) is 8.57. The normalized spacial score (nSPS) is 16.2. The summed E-state index contributed by atoms with van der Waals surface area (Å²) in [6.07, 6.45) is 3.25. The molecule has 4 heteroatoms. The van der Waals surface area contributed by atoms with Crippen molar-refractivity contribution in [1.82, 2.24) is 5.32 Å². The molecule has 1 amide bonds. The quantitative estimate of drug-likeness (QED) is 0.356. The van der Waals surface area contributed by atoms with Gasteiger partial charge in [0.2, 0.25) is 0 Å². The molecule has 0 fully saturated rings. The van der Waals surface area contributed by atoms with Gasteiger partial charge >= 0.3 is 0 Å². The van der Waals surface area contributed by atoms with Gasteiger partial charge in [-0.05, 0) is 71.0 Å². The lowest BCUT2D eigenvalue weighted by molar-refractivity contribution is 0.0954. The van der Waals surface area contributed by atoms with Gasteiger partial charge < -0.3 is 9.73 Å². The minimum atomic E-state index is -0.0632. The van der Waals surface area contributed by atoms with Crippen LogP contribution >= 0.6 is 13.5 Å². The Morgan fingerprint density at radius 1 is 0.848 bits per heavy atom. The number of amides is 1. The molecule has 3 aromatic carbocycles. The lowest BCUT2D eigenvalue weighted by Gasteiger charge is -2.42. The highest BCUT2D eigenvalue weighted by Crippen LogP contribution is 2.45. The van der Waals surface area contributed by atoms with Crippen molar-refractivity contribution in [3.8, 4) is 0 Å². The summed E-state index contributed by atoms with van der Waals surface area (Å²) in [5.41, 5.74) is 6.87. The minimum Gasteiger partial charge on any atom is -0.456 e. The summed E-state index contributed by atoms with van der Waals surface area (Å²) < 4.78 is 5.93. The number of benzene rings is 3. The van der Waals surface area contributed by atoms with Gasteiger partial charge in [-0.3, -0.25) is 4.79 Å². The third-order valence-corrected chi connectivity index (χ3v) is 7.26. The Bertz CT molecular complexity index is 1330. The smallest absolute Gasteiger partial charge is 0.251 e. The number of para-hydroxylation sites is 1. The van der Waals surface area contributed by atoms with E-state index in [0.29, 0.717) is 12.1 Å². The zero-order chi connectivity index (χ0) is 22.5. The molecule has 0 aliphatic heterocycles. The van der Waals surface area contributed by atoms with Crippen LogP contribution < -0.4 is 5.32 Å². The number of carbonyl (C=O) groups excluding carboxylic acids is 1. The molecule has 0 atom stereocenters. The van der Waals surface area contributed by atoms with Gasteiger partial charge in [-0.2, -0.15) is 13.5 Å². The Morgan fingerprint density at radius 3 is 2.33 bits per heavy atom. The Morgan fingerprint density at radius 2 is 1.55 bits per heavy atom. The zero-order valence-corrected chi connectivity index (χ0v) is 20.9. The van der Waals surface area contributed by atoms with Crippen LogP contribution in [0.15, 0.2) is 65.1 Å². The second-order valence-electron chi connectivity index (χ2n) is 10.5. The number of furan rings is 1. The van der Waals surface area contributed by atoms with Crippen LogP contribution in [-0.2, 0) is 17.3 Å². The van der Waals surface area contributed by atoms with Crippen LogP contribution in [0.25, 0.3) is 21.9 Å². The predicted octanol–water partition coefficient (Wildman–Crippen LogP) is 7.02. The number of carbonyl (C=O) groups is 1. The van der Waals surface area contributed by atoms with E-state index in [9.17, 15) is 4.79 Å². The summed E-state index contributed by atoms with van der Waals surface area (Å²) in [5.74, 6) is -0.0632. The molecule has 0 radical (unpaired) electrons. The Kier molecular flexibility index (Phi) is 6.09. The van der Waals surface area contributed by atoms with E-state index in [-0.39, 0.29) is 30.2 Å². The molecule has 3 nitrogen and oxygen atoms in total. The highest BCUT2D eigenvalue weighted by Gasteiger charge is 2.36. The van der Waals surface area contributed by atoms with E-state index in [1.54, 1.807) is 0 Å². The average Bonchev–Trinajstić information content (AvgIpc) is 3.15. The Hall–Kier alpha value is -2.72. The van der Waals surface area contributed by atoms with E-state index in [1.165, 1.54) is 29.5 Å².